The summed E-state index contributed by atoms with van der Waals surface area (Å²) in [6, 6.07) is 5.92. The van der Waals surface area contributed by atoms with Gasteiger partial charge in [-0.25, -0.2) is 19.0 Å². The van der Waals surface area contributed by atoms with Gasteiger partial charge in [0.1, 0.15) is 23.8 Å². The molecule has 0 fully saturated rings. The van der Waals surface area contributed by atoms with Crippen LogP contribution in [0.3, 0.4) is 0 Å². The minimum Gasteiger partial charge on any atom is -0.470 e. The highest BCUT2D eigenvalue weighted by Crippen LogP contribution is 2.15. The van der Waals surface area contributed by atoms with E-state index in [4.69, 9.17) is 4.74 Å². The first kappa shape index (κ1) is 18.4. The number of hydrogen-bond donors (Lipinski definition) is 1. The van der Waals surface area contributed by atoms with Crippen LogP contribution in [0.1, 0.15) is 35.2 Å². The average Bonchev–Trinajstić information content (AvgIpc) is 3.06. The molecule has 3 rings (SSSR count). The van der Waals surface area contributed by atoms with Crippen molar-refractivity contribution >= 4 is 5.91 Å². The Hall–Kier alpha value is -3.36. The number of rotatable bonds is 7. The van der Waals surface area contributed by atoms with Gasteiger partial charge in [0.25, 0.3) is 5.91 Å². The lowest BCUT2D eigenvalue weighted by molar-refractivity contribution is 0.0948. The fourth-order valence-corrected chi connectivity index (χ4v) is 2.31. The van der Waals surface area contributed by atoms with Crippen LogP contribution in [0.25, 0.3) is 5.69 Å². The highest BCUT2D eigenvalue weighted by Gasteiger charge is 2.13. The zero-order valence-corrected chi connectivity index (χ0v) is 15.0. The first-order chi connectivity index (χ1) is 13.1. The van der Waals surface area contributed by atoms with Crippen LogP contribution in [-0.4, -0.2) is 37.4 Å². The predicted octanol–water partition coefficient (Wildman–Crippen LogP) is 2.22. The molecule has 0 atom stereocenters. The van der Waals surface area contributed by atoms with Crippen molar-refractivity contribution in [2.24, 2.45) is 0 Å². The fraction of sp³-hybridized carbons (Fsp3) is 0.278. The monoisotopic (exact) mass is 370 g/mol. The maximum atomic E-state index is 13.1. The van der Waals surface area contributed by atoms with Crippen molar-refractivity contribution in [2.75, 3.05) is 6.54 Å². The summed E-state index contributed by atoms with van der Waals surface area (Å²) in [5, 5.41) is 10.8. The number of benzene rings is 1. The Morgan fingerprint density at radius 2 is 2.00 bits per heavy atom. The topological polar surface area (TPSA) is 94.8 Å². The van der Waals surface area contributed by atoms with Crippen molar-refractivity contribution in [3.63, 3.8) is 0 Å². The van der Waals surface area contributed by atoms with Crippen LogP contribution >= 0.6 is 0 Å². The van der Waals surface area contributed by atoms with Crippen molar-refractivity contribution < 1.29 is 13.9 Å². The minimum atomic E-state index is -0.327. The summed E-state index contributed by atoms with van der Waals surface area (Å²) in [6.45, 7) is 4.50. The van der Waals surface area contributed by atoms with Gasteiger partial charge in [0.15, 0.2) is 0 Å². The quantitative estimate of drug-likeness (QED) is 0.685. The molecule has 140 valence electrons. The zero-order valence-electron chi connectivity index (χ0n) is 15.0. The van der Waals surface area contributed by atoms with Crippen LogP contribution in [0.4, 0.5) is 4.39 Å². The number of ether oxygens (including phenoxy) is 1. The highest BCUT2D eigenvalue weighted by molar-refractivity contribution is 5.91. The lowest BCUT2D eigenvalue weighted by atomic mass is 10.3. The summed E-state index contributed by atoms with van der Waals surface area (Å²) >= 11 is 0. The lowest BCUT2D eigenvalue weighted by Crippen LogP contribution is -2.25. The smallest absolute Gasteiger partial charge is 0.271 e. The number of nitrogens with one attached hydrogen (secondary N) is 1. The molecule has 1 aromatic carbocycles. The summed E-state index contributed by atoms with van der Waals surface area (Å²) in [6.07, 6.45) is 3.60. The van der Waals surface area contributed by atoms with E-state index < -0.39 is 0 Å². The van der Waals surface area contributed by atoms with Crippen molar-refractivity contribution in [3.8, 4) is 11.6 Å². The average molecular weight is 370 g/mol. The molecule has 27 heavy (non-hydrogen) atoms. The molecule has 8 nitrogen and oxygen atoms in total. The van der Waals surface area contributed by atoms with Gasteiger partial charge in [-0.3, -0.25) is 4.79 Å². The van der Waals surface area contributed by atoms with E-state index in [1.807, 2.05) is 6.92 Å². The van der Waals surface area contributed by atoms with Gasteiger partial charge < -0.3 is 10.1 Å². The van der Waals surface area contributed by atoms with Gasteiger partial charge in [-0.15, -0.1) is 5.10 Å². The third kappa shape index (κ3) is 4.43. The molecule has 0 saturated heterocycles. The summed E-state index contributed by atoms with van der Waals surface area (Å²) in [5.74, 6) is -0.328. The Morgan fingerprint density at radius 1 is 1.22 bits per heavy atom. The SMILES string of the molecule is CCCNC(=O)c1cnc(OCc2c(C)nnn2-c2ccc(F)cc2)cn1. The van der Waals surface area contributed by atoms with Gasteiger partial charge in [0.05, 0.1) is 23.8 Å². The van der Waals surface area contributed by atoms with E-state index in [-0.39, 0.29) is 29.9 Å². The Morgan fingerprint density at radius 3 is 2.67 bits per heavy atom. The van der Waals surface area contributed by atoms with Crippen LogP contribution in [0.15, 0.2) is 36.7 Å². The number of aryl methyl sites for hydroxylation is 1. The van der Waals surface area contributed by atoms with Gasteiger partial charge in [-0.2, -0.15) is 0 Å². The van der Waals surface area contributed by atoms with Crippen molar-refractivity contribution in [1.29, 1.82) is 0 Å². The summed E-state index contributed by atoms with van der Waals surface area (Å²) in [4.78, 5) is 20.0. The third-order valence-corrected chi connectivity index (χ3v) is 3.78. The zero-order chi connectivity index (χ0) is 19.2. The first-order valence-electron chi connectivity index (χ1n) is 8.48. The van der Waals surface area contributed by atoms with Gasteiger partial charge in [-0.05, 0) is 37.6 Å². The highest BCUT2D eigenvalue weighted by atomic mass is 19.1. The summed E-state index contributed by atoms with van der Waals surface area (Å²) < 4.78 is 20.4. The molecule has 0 radical (unpaired) electrons. The van der Waals surface area contributed by atoms with E-state index in [1.165, 1.54) is 24.5 Å². The molecule has 0 unspecified atom stereocenters. The molecule has 0 aliphatic heterocycles. The molecule has 3 aromatic rings. The van der Waals surface area contributed by atoms with E-state index >= 15 is 0 Å². The van der Waals surface area contributed by atoms with E-state index in [9.17, 15) is 9.18 Å². The molecule has 2 aromatic heterocycles. The van der Waals surface area contributed by atoms with E-state index in [1.54, 1.807) is 23.7 Å². The maximum Gasteiger partial charge on any atom is 0.271 e. The van der Waals surface area contributed by atoms with Gasteiger partial charge >= 0.3 is 0 Å². The molecular formula is C18H19FN6O2. The molecule has 0 aliphatic carbocycles. The van der Waals surface area contributed by atoms with Crippen LogP contribution in [0, 0.1) is 12.7 Å². The molecule has 1 N–H and O–H groups in total. The van der Waals surface area contributed by atoms with Crippen molar-refractivity contribution in [3.05, 3.63) is 59.6 Å². The van der Waals surface area contributed by atoms with Gasteiger partial charge in [0.2, 0.25) is 5.88 Å². The Kier molecular flexibility index (Phi) is 5.70. The summed E-state index contributed by atoms with van der Waals surface area (Å²) in [5.41, 5.74) is 2.28. The second kappa shape index (κ2) is 8.35. The van der Waals surface area contributed by atoms with Crippen LogP contribution in [0.2, 0.25) is 0 Å². The van der Waals surface area contributed by atoms with Crippen LogP contribution < -0.4 is 10.1 Å². The molecule has 0 bridgehead atoms. The largest absolute Gasteiger partial charge is 0.470 e. The molecule has 0 saturated carbocycles. The Balaban J connectivity index is 1.69. The Bertz CT molecular complexity index is 909. The van der Waals surface area contributed by atoms with E-state index in [0.29, 0.717) is 23.6 Å². The number of amides is 1. The molecule has 0 spiro atoms. The lowest BCUT2D eigenvalue weighted by Gasteiger charge is -2.09. The molecular weight excluding hydrogens is 351 g/mol. The number of carbonyl (C=O) groups is 1. The van der Waals surface area contributed by atoms with Crippen molar-refractivity contribution in [1.82, 2.24) is 30.3 Å². The molecule has 2 heterocycles. The van der Waals surface area contributed by atoms with Crippen LogP contribution in [0.5, 0.6) is 5.88 Å². The number of hydrogen-bond acceptors (Lipinski definition) is 6. The first-order valence-corrected chi connectivity index (χ1v) is 8.48. The number of aromatic nitrogens is 5. The second-order valence-electron chi connectivity index (χ2n) is 5.79. The predicted molar refractivity (Wildman–Crippen MR) is 95.0 cm³/mol. The van der Waals surface area contributed by atoms with E-state index in [0.717, 1.165) is 6.42 Å². The molecule has 1 amide bonds. The Labute approximate surface area is 155 Å². The number of halogens is 1. The van der Waals surface area contributed by atoms with E-state index in [2.05, 4.69) is 25.6 Å². The normalized spacial score (nSPS) is 10.6. The number of nitrogens with zero attached hydrogens (tertiary/aromatic N) is 5. The van der Waals surface area contributed by atoms with Gasteiger partial charge in [-0.1, -0.05) is 12.1 Å². The number of carbonyl (C=O) groups excluding carboxylic acids is 1. The molecule has 0 aliphatic rings. The summed E-state index contributed by atoms with van der Waals surface area (Å²) in [7, 11) is 0. The van der Waals surface area contributed by atoms with Crippen molar-refractivity contribution in [2.45, 2.75) is 26.9 Å². The minimum absolute atomic E-state index is 0.145. The van der Waals surface area contributed by atoms with Gasteiger partial charge in [0, 0.05) is 6.54 Å². The third-order valence-electron chi connectivity index (χ3n) is 3.78. The fourth-order valence-electron chi connectivity index (χ4n) is 2.31. The van der Waals surface area contributed by atoms with Crippen LogP contribution in [-0.2, 0) is 6.61 Å². The second-order valence-corrected chi connectivity index (χ2v) is 5.79. The maximum absolute atomic E-state index is 13.1. The standard InChI is InChI=1S/C18H19FN6O2/c1-3-8-20-18(26)15-9-22-17(10-21-15)27-11-16-12(2)23-24-25(16)14-6-4-13(19)5-7-14/h4-7,9-10H,3,8,11H2,1-2H3,(H,20,26). The molecule has 9 heteroatoms.